The molecule has 6 nitrogen and oxygen atoms in total. The minimum atomic E-state index is -0.891. The van der Waals surface area contributed by atoms with Crippen LogP contribution in [-0.2, 0) is 4.74 Å². The van der Waals surface area contributed by atoms with Crippen molar-refractivity contribution >= 4 is 17.4 Å². The highest BCUT2D eigenvalue weighted by molar-refractivity contribution is 5.99. The van der Waals surface area contributed by atoms with Gasteiger partial charge in [0.05, 0.1) is 16.1 Å². The first-order chi connectivity index (χ1) is 10.9. The summed E-state index contributed by atoms with van der Waals surface area (Å²) in [4.78, 5) is 33.9. The van der Waals surface area contributed by atoms with E-state index >= 15 is 0 Å². The van der Waals surface area contributed by atoms with E-state index in [9.17, 15) is 24.1 Å². The van der Waals surface area contributed by atoms with Gasteiger partial charge in [-0.05, 0) is 25.1 Å². The van der Waals surface area contributed by atoms with Crippen LogP contribution >= 0.6 is 0 Å². The van der Waals surface area contributed by atoms with E-state index in [4.69, 9.17) is 4.74 Å². The molecule has 23 heavy (non-hydrogen) atoms. The number of benzene rings is 2. The monoisotopic (exact) mass is 317 g/mol. The molecule has 2 aromatic rings. The van der Waals surface area contributed by atoms with Crippen LogP contribution in [-0.4, -0.2) is 23.3 Å². The van der Waals surface area contributed by atoms with Gasteiger partial charge in [-0.1, -0.05) is 18.2 Å². The first kappa shape index (κ1) is 16.3. The van der Waals surface area contributed by atoms with Gasteiger partial charge < -0.3 is 4.74 Å². The number of Topliss-reactive ketones (excluding diaryl/α,β-unsaturated/α-hetero) is 1. The summed E-state index contributed by atoms with van der Waals surface area (Å²) in [5.74, 6) is -2.30. The fraction of sp³-hybridized carbons (Fsp3) is 0.125. The quantitative estimate of drug-likeness (QED) is 0.366. The molecule has 0 amide bonds. The van der Waals surface area contributed by atoms with Gasteiger partial charge in [-0.15, -0.1) is 0 Å². The maximum absolute atomic E-state index is 13.4. The summed E-state index contributed by atoms with van der Waals surface area (Å²) in [5, 5.41) is 10.8. The Bertz CT molecular complexity index is 788. The Labute approximate surface area is 130 Å². The predicted molar refractivity (Wildman–Crippen MR) is 78.8 cm³/mol. The minimum Gasteiger partial charge on any atom is -0.454 e. The average molecular weight is 317 g/mol. The number of rotatable bonds is 5. The van der Waals surface area contributed by atoms with Gasteiger partial charge in [0, 0.05) is 11.6 Å². The molecule has 0 bridgehead atoms. The first-order valence-corrected chi connectivity index (χ1v) is 6.60. The summed E-state index contributed by atoms with van der Waals surface area (Å²) < 4.78 is 18.2. The number of carbonyl (C=O) groups excluding carboxylic acids is 2. The molecule has 0 aromatic heterocycles. The summed E-state index contributed by atoms with van der Waals surface area (Å²) in [6.45, 7) is 0.885. The number of nitro groups is 1. The third-order valence-electron chi connectivity index (χ3n) is 3.15. The molecular weight excluding hydrogens is 305 g/mol. The maximum Gasteiger partial charge on any atom is 0.338 e. The van der Waals surface area contributed by atoms with E-state index in [1.165, 1.54) is 37.3 Å². The molecule has 0 aliphatic carbocycles. The van der Waals surface area contributed by atoms with Gasteiger partial charge in [-0.3, -0.25) is 14.9 Å². The SMILES string of the molecule is Cc1ccc(C(=O)OCC(=O)c2ccccc2F)cc1[N+](=O)[O-]. The third-order valence-corrected chi connectivity index (χ3v) is 3.15. The van der Waals surface area contributed by atoms with Crippen LogP contribution < -0.4 is 0 Å². The van der Waals surface area contributed by atoms with E-state index in [1.807, 2.05) is 0 Å². The molecule has 0 N–H and O–H groups in total. The van der Waals surface area contributed by atoms with Gasteiger partial charge in [0.1, 0.15) is 5.82 Å². The van der Waals surface area contributed by atoms with Crippen LogP contribution in [0, 0.1) is 22.9 Å². The molecule has 0 spiro atoms. The summed E-state index contributed by atoms with van der Waals surface area (Å²) in [5.41, 5.74) is -0.0623. The van der Waals surface area contributed by atoms with Gasteiger partial charge in [-0.25, -0.2) is 9.18 Å². The Morgan fingerprint density at radius 3 is 2.57 bits per heavy atom. The van der Waals surface area contributed by atoms with Crippen LogP contribution in [0.15, 0.2) is 42.5 Å². The molecule has 0 radical (unpaired) electrons. The highest BCUT2D eigenvalue weighted by atomic mass is 19.1. The van der Waals surface area contributed by atoms with Crippen molar-refractivity contribution in [2.24, 2.45) is 0 Å². The van der Waals surface area contributed by atoms with Crippen molar-refractivity contribution in [3.63, 3.8) is 0 Å². The fourth-order valence-corrected chi connectivity index (χ4v) is 1.91. The molecule has 0 aliphatic heterocycles. The summed E-state index contributed by atoms with van der Waals surface area (Å²) in [7, 11) is 0. The second-order valence-corrected chi connectivity index (χ2v) is 4.74. The highest BCUT2D eigenvalue weighted by Gasteiger charge is 2.18. The normalized spacial score (nSPS) is 10.2. The van der Waals surface area contributed by atoms with Crippen LogP contribution in [0.2, 0.25) is 0 Å². The predicted octanol–water partition coefficient (Wildman–Crippen LogP) is 3.08. The van der Waals surface area contributed by atoms with E-state index in [0.29, 0.717) is 5.56 Å². The van der Waals surface area contributed by atoms with E-state index in [-0.39, 0.29) is 16.8 Å². The number of carbonyl (C=O) groups is 2. The Kier molecular flexibility index (Phi) is 4.80. The lowest BCUT2D eigenvalue weighted by Crippen LogP contribution is -2.15. The van der Waals surface area contributed by atoms with Gasteiger partial charge in [0.2, 0.25) is 5.78 Å². The van der Waals surface area contributed by atoms with Crippen molar-refractivity contribution < 1.29 is 23.6 Å². The number of hydrogen-bond acceptors (Lipinski definition) is 5. The number of hydrogen-bond donors (Lipinski definition) is 0. The number of nitrogens with zero attached hydrogens (tertiary/aromatic N) is 1. The summed E-state index contributed by atoms with van der Waals surface area (Å²) >= 11 is 0. The van der Waals surface area contributed by atoms with E-state index < -0.39 is 29.1 Å². The summed E-state index contributed by atoms with van der Waals surface area (Å²) in [6.07, 6.45) is 0. The standard InChI is InChI=1S/C16H12FNO5/c1-10-6-7-11(8-14(10)18(21)22)16(20)23-9-15(19)12-4-2-3-5-13(12)17/h2-8H,9H2,1H3. The lowest BCUT2D eigenvalue weighted by Gasteiger charge is -2.06. The smallest absolute Gasteiger partial charge is 0.338 e. The molecule has 2 rings (SSSR count). The zero-order chi connectivity index (χ0) is 17.0. The first-order valence-electron chi connectivity index (χ1n) is 6.60. The Hall–Kier alpha value is -3.09. The largest absolute Gasteiger partial charge is 0.454 e. The Morgan fingerprint density at radius 2 is 1.91 bits per heavy atom. The number of nitro benzene ring substituents is 1. The zero-order valence-electron chi connectivity index (χ0n) is 12.1. The van der Waals surface area contributed by atoms with Gasteiger partial charge in [0.15, 0.2) is 6.61 Å². The molecule has 0 atom stereocenters. The van der Waals surface area contributed by atoms with Crippen LogP contribution in [0.1, 0.15) is 26.3 Å². The number of ether oxygens (including phenoxy) is 1. The lowest BCUT2D eigenvalue weighted by atomic mass is 10.1. The fourth-order valence-electron chi connectivity index (χ4n) is 1.91. The number of aryl methyl sites for hydroxylation is 1. The molecule has 7 heteroatoms. The van der Waals surface area contributed by atoms with Crippen molar-refractivity contribution in [3.8, 4) is 0 Å². The molecule has 0 saturated heterocycles. The molecule has 0 unspecified atom stereocenters. The van der Waals surface area contributed by atoms with E-state index in [2.05, 4.69) is 0 Å². The number of ketones is 1. The number of esters is 1. The second kappa shape index (κ2) is 6.78. The molecule has 118 valence electrons. The molecule has 0 saturated carbocycles. The lowest BCUT2D eigenvalue weighted by molar-refractivity contribution is -0.385. The minimum absolute atomic E-state index is 0.0522. The Balaban J connectivity index is 2.08. The van der Waals surface area contributed by atoms with Crippen LogP contribution in [0.25, 0.3) is 0 Å². The second-order valence-electron chi connectivity index (χ2n) is 4.74. The van der Waals surface area contributed by atoms with Crippen molar-refractivity contribution in [2.75, 3.05) is 6.61 Å². The average Bonchev–Trinajstić information content (AvgIpc) is 2.52. The molecule has 0 heterocycles. The number of halogens is 1. The Morgan fingerprint density at radius 1 is 1.22 bits per heavy atom. The van der Waals surface area contributed by atoms with Crippen LogP contribution in [0.5, 0.6) is 0 Å². The topological polar surface area (TPSA) is 86.5 Å². The maximum atomic E-state index is 13.4. The summed E-state index contributed by atoms with van der Waals surface area (Å²) in [6, 6.07) is 9.17. The molecule has 0 fully saturated rings. The van der Waals surface area contributed by atoms with Crippen molar-refractivity contribution in [3.05, 3.63) is 75.1 Å². The van der Waals surface area contributed by atoms with Crippen molar-refractivity contribution in [2.45, 2.75) is 6.92 Å². The van der Waals surface area contributed by atoms with Crippen molar-refractivity contribution in [1.29, 1.82) is 0 Å². The van der Waals surface area contributed by atoms with Gasteiger partial charge in [0.25, 0.3) is 5.69 Å². The van der Waals surface area contributed by atoms with Crippen molar-refractivity contribution in [1.82, 2.24) is 0 Å². The molecule has 2 aromatic carbocycles. The van der Waals surface area contributed by atoms with E-state index in [0.717, 1.165) is 12.1 Å². The molecule has 0 aliphatic rings. The molecular formula is C16H12FNO5. The third kappa shape index (κ3) is 3.76. The van der Waals surface area contributed by atoms with E-state index in [1.54, 1.807) is 0 Å². The zero-order valence-corrected chi connectivity index (χ0v) is 12.1. The van der Waals surface area contributed by atoms with Crippen LogP contribution in [0.4, 0.5) is 10.1 Å². The van der Waals surface area contributed by atoms with Crippen LogP contribution in [0.3, 0.4) is 0 Å². The highest BCUT2D eigenvalue weighted by Crippen LogP contribution is 2.19. The van der Waals surface area contributed by atoms with Gasteiger partial charge in [-0.2, -0.15) is 0 Å². The van der Waals surface area contributed by atoms with Gasteiger partial charge >= 0.3 is 5.97 Å².